The maximum Gasteiger partial charge on any atom is 0.196 e. The lowest BCUT2D eigenvalue weighted by Gasteiger charge is -2.12. The van der Waals surface area contributed by atoms with Crippen LogP contribution in [0.15, 0.2) is 45.6 Å². The van der Waals surface area contributed by atoms with Gasteiger partial charge in [0.15, 0.2) is 12.2 Å². The predicted octanol–water partition coefficient (Wildman–Crippen LogP) is 7.76. The van der Waals surface area contributed by atoms with Crippen LogP contribution >= 0.6 is 0 Å². The number of unbranched alkanes of at least 4 members (excludes halogenated alkanes) is 8. The van der Waals surface area contributed by atoms with Gasteiger partial charge in [-0.25, -0.2) is 0 Å². The Morgan fingerprint density at radius 3 is 2.32 bits per heavy atom. The fraction of sp³-hybridized carbons (Fsp3) is 0.552. The average molecular weight is 471 g/mol. The summed E-state index contributed by atoms with van der Waals surface area (Å²) in [5.74, 6) is 0.995. The van der Waals surface area contributed by atoms with Crippen molar-refractivity contribution in [1.29, 1.82) is 0 Å². The number of aromatic hydroxyl groups is 1. The van der Waals surface area contributed by atoms with Crippen LogP contribution < -0.4 is 10.2 Å². The Morgan fingerprint density at radius 2 is 1.62 bits per heavy atom. The number of hydrogen-bond donors (Lipinski definition) is 1. The van der Waals surface area contributed by atoms with Crippen molar-refractivity contribution in [3.8, 4) is 11.5 Å². The third kappa shape index (κ3) is 9.38. The summed E-state index contributed by atoms with van der Waals surface area (Å²) in [4.78, 5) is 12.6. The molecule has 0 aliphatic carbocycles. The Hall–Kier alpha value is -2.53. The number of hydrogen-bond acceptors (Lipinski definition) is 5. The largest absolute Gasteiger partial charge is 0.507 e. The van der Waals surface area contributed by atoms with Crippen molar-refractivity contribution in [3.63, 3.8) is 0 Å². The second-order valence-electron chi connectivity index (χ2n) is 8.83. The lowest BCUT2D eigenvalue weighted by molar-refractivity contribution is 0.0505. The molecular formula is C29H42O5. The second kappa shape index (κ2) is 16.2. The van der Waals surface area contributed by atoms with E-state index in [9.17, 15) is 9.90 Å². The smallest absolute Gasteiger partial charge is 0.196 e. The van der Waals surface area contributed by atoms with Gasteiger partial charge in [-0.05, 0) is 45.4 Å². The zero-order valence-corrected chi connectivity index (χ0v) is 21.2. The van der Waals surface area contributed by atoms with Gasteiger partial charge >= 0.3 is 0 Å². The molecule has 1 aromatic carbocycles. The van der Waals surface area contributed by atoms with Crippen LogP contribution in [-0.4, -0.2) is 19.0 Å². The fourth-order valence-electron chi connectivity index (χ4n) is 3.93. The van der Waals surface area contributed by atoms with Crippen LogP contribution in [0.4, 0.5) is 0 Å². The highest BCUT2D eigenvalue weighted by Gasteiger charge is 2.16. The first kappa shape index (κ1) is 27.7. The molecule has 0 bridgehead atoms. The standard InChI is InChI=1S/C29H42O5/c1-4-5-6-7-8-9-10-11-12-13-14-15-16-17-18-19-24-20-25(30)28-27(34-24)21-26(33-22-32-3)23(2)29(28)31/h8-9,11-12,20-21,31H,4-7,10,13-19,22H2,1-3H3/b9-8-,12-11-. The summed E-state index contributed by atoms with van der Waals surface area (Å²) >= 11 is 0. The van der Waals surface area contributed by atoms with Crippen LogP contribution in [0.5, 0.6) is 11.5 Å². The van der Waals surface area contributed by atoms with Crippen molar-refractivity contribution in [1.82, 2.24) is 0 Å². The van der Waals surface area contributed by atoms with Crippen molar-refractivity contribution in [2.45, 2.75) is 90.9 Å². The number of phenolic OH excluding ortho intramolecular Hbond substituents is 1. The highest BCUT2D eigenvalue weighted by molar-refractivity contribution is 5.86. The average Bonchev–Trinajstić information content (AvgIpc) is 2.82. The van der Waals surface area contributed by atoms with Gasteiger partial charge in [-0.2, -0.15) is 0 Å². The minimum absolute atomic E-state index is 0.0572. The molecule has 1 N–H and O–H groups in total. The lowest BCUT2D eigenvalue weighted by Crippen LogP contribution is -2.06. The molecule has 5 heteroatoms. The van der Waals surface area contributed by atoms with Crippen LogP contribution in [0, 0.1) is 6.92 Å². The Morgan fingerprint density at radius 1 is 0.941 bits per heavy atom. The second-order valence-corrected chi connectivity index (χ2v) is 8.83. The van der Waals surface area contributed by atoms with Gasteiger partial charge in [0.2, 0.25) is 0 Å². The highest BCUT2D eigenvalue weighted by atomic mass is 16.7. The number of methoxy groups -OCH3 is 1. The number of fused-ring (bicyclic) bond motifs is 1. The third-order valence-electron chi connectivity index (χ3n) is 5.96. The number of phenols is 1. The summed E-state index contributed by atoms with van der Waals surface area (Å²) in [6, 6.07) is 3.16. The molecule has 188 valence electrons. The minimum atomic E-state index is -0.224. The number of allylic oxidation sites excluding steroid dienone is 4. The minimum Gasteiger partial charge on any atom is -0.507 e. The molecule has 1 aromatic heterocycles. The fourth-order valence-corrected chi connectivity index (χ4v) is 3.93. The van der Waals surface area contributed by atoms with E-state index in [1.54, 1.807) is 13.0 Å². The van der Waals surface area contributed by atoms with Crippen molar-refractivity contribution in [2.24, 2.45) is 0 Å². The highest BCUT2D eigenvalue weighted by Crippen LogP contribution is 2.34. The van der Waals surface area contributed by atoms with Crippen molar-refractivity contribution in [2.75, 3.05) is 13.9 Å². The molecule has 34 heavy (non-hydrogen) atoms. The predicted molar refractivity (Wildman–Crippen MR) is 140 cm³/mol. The first-order valence-electron chi connectivity index (χ1n) is 12.8. The number of rotatable bonds is 17. The van der Waals surface area contributed by atoms with Gasteiger partial charge in [0.05, 0.1) is 0 Å². The van der Waals surface area contributed by atoms with E-state index in [0.29, 0.717) is 29.1 Å². The van der Waals surface area contributed by atoms with Gasteiger partial charge in [0.1, 0.15) is 28.2 Å². The molecule has 0 saturated heterocycles. The lowest BCUT2D eigenvalue weighted by atomic mass is 10.1. The topological polar surface area (TPSA) is 68.9 Å². The Bertz CT molecular complexity index is 971. The molecule has 1 heterocycles. The van der Waals surface area contributed by atoms with E-state index < -0.39 is 0 Å². The molecule has 2 rings (SSSR count). The van der Waals surface area contributed by atoms with Crippen LogP contribution in [0.2, 0.25) is 0 Å². The Labute approximate surface area is 204 Å². The normalized spacial score (nSPS) is 11.9. The molecule has 0 aliphatic rings. The number of ether oxygens (including phenoxy) is 2. The van der Waals surface area contributed by atoms with E-state index in [-0.39, 0.29) is 23.4 Å². The quantitative estimate of drug-likeness (QED) is 0.145. The molecule has 0 aliphatic heterocycles. The molecule has 0 spiro atoms. The first-order valence-corrected chi connectivity index (χ1v) is 12.8. The summed E-state index contributed by atoms with van der Waals surface area (Å²) in [5.41, 5.74) is 0.621. The zero-order chi connectivity index (χ0) is 24.6. The Kier molecular flexibility index (Phi) is 13.2. The van der Waals surface area contributed by atoms with E-state index >= 15 is 0 Å². The van der Waals surface area contributed by atoms with Gasteiger partial charge in [-0.3, -0.25) is 4.79 Å². The summed E-state index contributed by atoms with van der Waals surface area (Å²) in [6.07, 6.45) is 22.8. The van der Waals surface area contributed by atoms with E-state index in [2.05, 4.69) is 31.2 Å². The molecule has 0 fully saturated rings. The third-order valence-corrected chi connectivity index (χ3v) is 5.96. The number of benzene rings is 1. The molecule has 0 saturated carbocycles. The van der Waals surface area contributed by atoms with E-state index in [0.717, 1.165) is 25.7 Å². The number of aryl methyl sites for hydroxylation is 1. The van der Waals surface area contributed by atoms with Crippen LogP contribution in [0.3, 0.4) is 0 Å². The molecule has 0 radical (unpaired) electrons. The Balaban J connectivity index is 1.70. The molecule has 5 nitrogen and oxygen atoms in total. The monoisotopic (exact) mass is 470 g/mol. The molecular weight excluding hydrogens is 428 g/mol. The van der Waals surface area contributed by atoms with Crippen LogP contribution in [-0.2, 0) is 11.2 Å². The van der Waals surface area contributed by atoms with E-state index in [1.165, 1.54) is 58.1 Å². The van der Waals surface area contributed by atoms with Gasteiger partial charge in [0.25, 0.3) is 0 Å². The molecule has 0 unspecified atom stereocenters. The first-order chi connectivity index (χ1) is 16.6. The van der Waals surface area contributed by atoms with Crippen molar-refractivity contribution < 1.29 is 19.0 Å². The van der Waals surface area contributed by atoms with Crippen molar-refractivity contribution >= 4 is 11.0 Å². The van der Waals surface area contributed by atoms with E-state index in [4.69, 9.17) is 13.9 Å². The summed E-state index contributed by atoms with van der Waals surface area (Å²) in [7, 11) is 1.53. The van der Waals surface area contributed by atoms with Crippen LogP contribution in [0.1, 0.15) is 88.9 Å². The SMILES string of the molecule is CCCCC/C=C\C/C=C\CCCCCCCc1cc(=O)c2c(O)c(C)c(OCOC)cc2o1. The van der Waals surface area contributed by atoms with E-state index in [1.807, 2.05) is 0 Å². The summed E-state index contributed by atoms with van der Waals surface area (Å²) in [5, 5.41) is 10.6. The summed E-state index contributed by atoms with van der Waals surface area (Å²) < 4.78 is 16.4. The summed E-state index contributed by atoms with van der Waals surface area (Å²) in [6.45, 7) is 4.00. The molecule has 0 atom stereocenters. The molecule has 2 aromatic rings. The van der Waals surface area contributed by atoms with Gasteiger partial charge in [-0.1, -0.05) is 63.3 Å². The van der Waals surface area contributed by atoms with Crippen molar-refractivity contribution in [3.05, 3.63) is 58.0 Å². The maximum absolute atomic E-state index is 12.6. The van der Waals surface area contributed by atoms with Gasteiger partial charge in [0, 0.05) is 31.2 Å². The zero-order valence-electron chi connectivity index (χ0n) is 21.2. The van der Waals surface area contributed by atoms with Gasteiger partial charge in [-0.15, -0.1) is 0 Å². The van der Waals surface area contributed by atoms with Crippen LogP contribution in [0.25, 0.3) is 11.0 Å². The molecule has 0 amide bonds. The maximum atomic E-state index is 12.6. The van der Waals surface area contributed by atoms with Gasteiger partial charge < -0.3 is 19.0 Å².